The third-order valence-electron chi connectivity index (χ3n) is 2.35. The zero-order chi connectivity index (χ0) is 12.4. The Morgan fingerprint density at radius 3 is 2.94 bits per heavy atom. The van der Waals surface area contributed by atoms with Crippen molar-refractivity contribution < 1.29 is 9.90 Å². The fraction of sp³-hybridized carbons (Fsp3) is 0.200. The second-order valence-corrected chi connectivity index (χ2v) is 3.63. The Hall–Kier alpha value is -2.44. The first-order valence-corrected chi connectivity index (χ1v) is 4.92. The molecule has 0 fully saturated rings. The predicted octanol–water partition coefficient (Wildman–Crippen LogP) is 0.315. The molecule has 0 saturated heterocycles. The Morgan fingerprint density at radius 1 is 1.53 bits per heavy atom. The Kier molecular flexibility index (Phi) is 2.73. The van der Waals surface area contributed by atoms with Crippen LogP contribution in [0.3, 0.4) is 0 Å². The van der Waals surface area contributed by atoms with Gasteiger partial charge in [-0.05, 0) is 29.0 Å². The lowest BCUT2D eigenvalue weighted by molar-refractivity contribution is -0.137. The van der Waals surface area contributed by atoms with Crippen molar-refractivity contribution in [2.24, 2.45) is 0 Å². The highest BCUT2D eigenvalue weighted by atomic mass is 16.4. The summed E-state index contributed by atoms with van der Waals surface area (Å²) in [6.07, 6.45) is 0. The number of anilines is 1. The highest BCUT2D eigenvalue weighted by molar-refractivity contribution is 5.68. The van der Waals surface area contributed by atoms with Gasteiger partial charge in [-0.3, -0.25) is 4.79 Å². The second-order valence-electron chi connectivity index (χ2n) is 3.63. The molecule has 17 heavy (non-hydrogen) atoms. The van der Waals surface area contributed by atoms with Crippen LogP contribution < -0.4 is 5.73 Å². The highest BCUT2D eigenvalue weighted by Crippen LogP contribution is 2.21. The molecule has 2 rings (SSSR count). The van der Waals surface area contributed by atoms with E-state index in [9.17, 15) is 4.79 Å². The molecule has 0 aliphatic carbocycles. The Labute approximate surface area is 96.9 Å². The molecule has 7 nitrogen and oxygen atoms in total. The molecule has 0 radical (unpaired) electrons. The number of hydrogen-bond acceptors (Lipinski definition) is 5. The SMILES string of the molecule is Cc1ccc(-c2nnnn2CC(=O)O)cc1N. The largest absolute Gasteiger partial charge is 0.480 e. The van der Waals surface area contributed by atoms with Gasteiger partial charge < -0.3 is 10.8 Å². The lowest BCUT2D eigenvalue weighted by Gasteiger charge is -2.04. The van der Waals surface area contributed by atoms with Gasteiger partial charge in [0.15, 0.2) is 5.82 Å². The van der Waals surface area contributed by atoms with Gasteiger partial charge in [0.2, 0.25) is 0 Å². The minimum absolute atomic E-state index is 0.282. The molecule has 7 heteroatoms. The molecule has 0 unspecified atom stereocenters. The summed E-state index contributed by atoms with van der Waals surface area (Å²) in [5, 5.41) is 19.6. The van der Waals surface area contributed by atoms with Gasteiger partial charge in [0.1, 0.15) is 6.54 Å². The zero-order valence-electron chi connectivity index (χ0n) is 9.16. The van der Waals surface area contributed by atoms with Crippen molar-refractivity contribution in [1.29, 1.82) is 0 Å². The van der Waals surface area contributed by atoms with Crippen molar-refractivity contribution in [3.8, 4) is 11.4 Å². The van der Waals surface area contributed by atoms with E-state index in [2.05, 4.69) is 15.5 Å². The molecule has 2 aromatic rings. The van der Waals surface area contributed by atoms with Crippen molar-refractivity contribution in [3.63, 3.8) is 0 Å². The van der Waals surface area contributed by atoms with Crippen molar-refractivity contribution in [3.05, 3.63) is 23.8 Å². The number of carboxylic acids is 1. The summed E-state index contributed by atoms with van der Waals surface area (Å²) in [5.41, 5.74) is 8.05. The smallest absolute Gasteiger partial charge is 0.325 e. The van der Waals surface area contributed by atoms with Crippen LogP contribution >= 0.6 is 0 Å². The van der Waals surface area contributed by atoms with E-state index in [1.807, 2.05) is 13.0 Å². The molecule has 0 amide bonds. The van der Waals surface area contributed by atoms with Crippen molar-refractivity contribution >= 4 is 11.7 Å². The summed E-state index contributed by atoms with van der Waals surface area (Å²) in [5.74, 6) is -0.613. The van der Waals surface area contributed by atoms with Gasteiger partial charge >= 0.3 is 5.97 Å². The number of aryl methyl sites for hydroxylation is 1. The number of nitrogen functional groups attached to an aromatic ring is 1. The van der Waals surface area contributed by atoms with E-state index in [0.29, 0.717) is 17.1 Å². The number of benzene rings is 1. The van der Waals surface area contributed by atoms with Crippen LogP contribution in [0.25, 0.3) is 11.4 Å². The quantitative estimate of drug-likeness (QED) is 0.739. The van der Waals surface area contributed by atoms with Gasteiger partial charge in [0, 0.05) is 11.3 Å². The minimum atomic E-state index is -1.00. The fourth-order valence-electron chi connectivity index (χ4n) is 1.43. The molecule has 0 bridgehead atoms. The topological polar surface area (TPSA) is 107 Å². The van der Waals surface area contributed by atoms with Crippen LogP contribution in [0.15, 0.2) is 18.2 Å². The summed E-state index contributed by atoms with van der Waals surface area (Å²) in [6, 6.07) is 5.36. The number of nitrogens with zero attached hydrogens (tertiary/aromatic N) is 4. The second kappa shape index (κ2) is 4.20. The summed E-state index contributed by atoms with van der Waals surface area (Å²) < 4.78 is 1.21. The Balaban J connectivity index is 2.42. The number of tetrazole rings is 1. The van der Waals surface area contributed by atoms with E-state index in [1.54, 1.807) is 12.1 Å². The molecule has 0 spiro atoms. The maximum absolute atomic E-state index is 10.6. The molecule has 88 valence electrons. The Morgan fingerprint density at radius 2 is 2.29 bits per heavy atom. The molecule has 1 aromatic heterocycles. The van der Waals surface area contributed by atoms with Gasteiger partial charge in [0.05, 0.1) is 0 Å². The van der Waals surface area contributed by atoms with Crippen molar-refractivity contribution in [2.75, 3.05) is 5.73 Å². The first kappa shape index (κ1) is 11.1. The number of aliphatic carboxylic acids is 1. The van der Waals surface area contributed by atoms with E-state index in [0.717, 1.165) is 5.56 Å². The minimum Gasteiger partial charge on any atom is -0.480 e. The number of aromatic nitrogens is 4. The summed E-state index contributed by atoms with van der Waals surface area (Å²) in [6.45, 7) is 1.61. The number of carboxylic acid groups (broad SMARTS) is 1. The van der Waals surface area contributed by atoms with Crippen LogP contribution in [0.4, 0.5) is 5.69 Å². The van der Waals surface area contributed by atoms with Gasteiger partial charge in [0.25, 0.3) is 0 Å². The van der Waals surface area contributed by atoms with E-state index in [1.165, 1.54) is 4.68 Å². The molecular weight excluding hydrogens is 222 g/mol. The van der Waals surface area contributed by atoms with Gasteiger partial charge in [-0.1, -0.05) is 12.1 Å². The van der Waals surface area contributed by atoms with Crippen LogP contribution in [0.2, 0.25) is 0 Å². The maximum Gasteiger partial charge on any atom is 0.325 e. The molecule has 3 N–H and O–H groups in total. The molecule has 0 aliphatic heterocycles. The van der Waals surface area contributed by atoms with Crippen LogP contribution in [0, 0.1) is 6.92 Å². The zero-order valence-corrected chi connectivity index (χ0v) is 9.16. The number of rotatable bonds is 3. The molecular formula is C10H11N5O2. The van der Waals surface area contributed by atoms with Crippen molar-refractivity contribution in [2.45, 2.75) is 13.5 Å². The number of carbonyl (C=O) groups is 1. The lowest BCUT2D eigenvalue weighted by atomic mass is 10.1. The average Bonchev–Trinajstić information content (AvgIpc) is 2.69. The first-order valence-electron chi connectivity index (χ1n) is 4.92. The maximum atomic E-state index is 10.6. The van der Waals surface area contributed by atoms with E-state index in [4.69, 9.17) is 10.8 Å². The predicted molar refractivity (Wildman–Crippen MR) is 60.0 cm³/mol. The third kappa shape index (κ3) is 2.22. The van der Waals surface area contributed by atoms with E-state index >= 15 is 0 Å². The third-order valence-corrected chi connectivity index (χ3v) is 2.35. The standard InChI is InChI=1S/C10H11N5O2/c1-6-2-3-7(4-8(6)11)10-12-13-14-15(10)5-9(16)17/h2-4H,5,11H2,1H3,(H,16,17). The Bertz CT molecular complexity index is 564. The van der Waals surface area contributed by atoms with Crippen LogP contribution in [0.5, 0.6) is 0 Å². The van der Waals surface area contributed by atoms with E-state index < -0.39 is 5.97 Å². The normalized spacial score (nSPS) is 10.4. The number of nitrogens with two attached hydrogens (primary N) is 1. The van der Waals surface area contributed by atoms with E-state index in [-0.39, 0.29) is 6.54 Å². The van der Waals surface area contributed by atoms with Crippen LogP contribution in [-0.2, 0) is 11.3 Å². The lowest BCUT2D eigenvalue weighted by Crippen LogP contribution is -2.11. The van der Waals surface area contributed by atoms with Crippen LogP contribution in [-0.4, -0.2) is 31.3 Å². The monoisotopic (exact) mass is 233 g/mol. The van der Waals surface area contributed by atoms with Crippen LogP contribution in [0.1, 0.15) is 5.56 Å². The summed E-state index contributed by atoms with van der Waals surface area (Å²) in [4.78, 5) is 10.6. The highest BCUT2D eigenvalue weighted by Gasteiger charge is 2.12. The summed E-state index contributed by atoms with van der Waals surface area (Å²) in [7, 11) is 0. The van der Waals surface area contributed by atoms with Gasteiger partial charge in [-0.25, -0.2) is 4.68 Å². The first-order chi connectivity index (χ1) is 8.08. The molecule has 1 aromatic carbocycles. The molecule has 1 heterocycles. The van der Waals surface area contributed by atoms with Gasteiger partial charge in [-0.15, -0.1) is 5.10 Å². The molecule has 0 aliphatic rings. The molecule has 0 atom stereocenters. The average molecular weight is 233 g/mol. The van der Waals surface area contributed by atoms with Crippen molar-refractivity contribution in [1.82, 2.24) is 20.2 Å². The number of hydrogen-bond donors (Lipinski definition) is 2. The molecule has 0 saturated carbocycles. The van der Waals surface area contributed by atoms with Gasteiger partial charge in [-0.2, -0.15) is 0 Å². The summed E-state index contributed by atoms with van der Waals surface area (Å²) >= 11 is 0. The fourth-order valence-corrected chi connectivity index (χ4v) is 1.43.